The van der Waals surface area contributed by atoms with Gasteiger partial charge in [0.2, 0.25) is 5.95 Å². The van der Waals surface area contributed by atoms with Crippen LogP contribution in [0.3, 0.4) is 0 Å². The van der Waals surface area contributed by atoms with Crippen LogP contribution in [0, 0.1) is 13.8 Å². The molecule has 0 spiro atoms. The average molecular weight is 544 g/mol. The highest BCUT2D eigenvalue weighted by molar-refractivity contribution is 6.41. The zero-order valence-electron chi connectivity index (χ0n) is 21.8. The number of amides is 1. The Morgan fingerprint density at radius 2 is 1.59 bits per heavy atom. The molecule has 4 rings (SSSR count). The maximum absolute atomic E-state index is 12.6. The van der Waals surface area contributed by atoms with Crippen molar-refractivity contribution in [2.24, 2.45) is 0 Å². The number of aryl methyl sites for hydroxylation is 2. The third kappa shape index (κ3) is 9.18. The van der Waals surface area contributed by atoms with E-state index in [1.54, 1.807) is 18.3 Å². The van der Waals surface area contributed by atoms with E-state index >= 15 is 0 Å². The first-order valence-corrected chi connectivity index (χ1v) is 13.3. The van der Waals surface area contributed by atoms with Crippen LogP contribution in [-0.2, 0) is 0 Å². The Morgan fingerprint density at radius 3 is 2.16 bits per heavy atom. The van der Waals surface area contributed by atoms with Gasteiger partial charge < -0.3 is 15.5 Å². The van der Waals surface area contributed by atoms with Crippen LogP contribution < -0.4 is 10.6 Å². The van der Waals surface area contributed by atoms with E-state index in [-0.39, 0.29) is 5.91 Å². The smallest absolute Gasteiger partial charge is 0.253 e. The number of unbranched alkanes of at least 4 members (excludes halogenated alkanes) is 1. The first-order chi connectivity index (χ1) is 17.7. The predicted molar refractivity (Wildman–Crippen MR) is 154 cm³/mol. The van der Waals surface area contributed by atoms with Crippen molar-refractivity contribution < 1.29 is 4.79 Å². The summed E-state index contributed by atoms with van der Waals surface area (Å²) >= 11 is 11.2. The quantitative estimate of drug-likeness (QED) is 0.405. The molecule has 2 heterocycles. The summed E-state index contributed by atoms with van der Waals surface area (Å²) in [6, 6.07) is 15.1. The molecule has 9 heteroatoms. The molecule has 1 saturated heterocycles. The molecule has 0 aliphatic carbocycles. The second-order valence-corrected chi connectivity index (χ2v) is 10.1. The molecule has 1 amide bonds. The van der Waals surface area contributed by atoms with Crippen LogP contribution in [0.25, 0.3) is 0 Å². The fraction of sp³-hybridized carbons (Fsp3) is 0.393. The van der Waals surface area contributed by atoms with Crippen LogP contribution in [0.5, 0.6) is 0 Å². The molecule has 1 aliphatic heterocycles. The van der Waals surface area contributed by atoms with Crippen molar-refractivity contribution in [3.05, 3.63) is 81.5 Å². The van der Waals surface area contributed by atoms with Gasteiger partial charge in [-0.3, -0.25) is 9.69 Å². The lowest BCUT2D eigenvalue weighted by Gasteiger charge is -2.35. The summed E-state index contributed by atoms with van der Waals surface area (Å²) in [5, 5.41) is 1.21. The first-order valence-electron chi connectivity index (χ1n) is 12.5. The van der Waals surface area contributed by atoms with Gasteiger partial charge in [-0.1, -0.05) is 52.5 Å². The van der Waals surface area contributed by atoms with Gasteiger partial charge in [0.1, 0.15) is 5.82 Å². The molecule has 198 valence electrons. The number of nitrogens with two attached hydrogens (primary N) is 1. The highest BCUT2D eigenvalue weighted by Crippen LogP contribution is 2.19. The summed E-state index contributed by atoms with van der Waals surface area (Å²) in [5.74, 6) is 1.34. The van der Waals surface area contributed by atoms with Gasteiger partial charge in [-0.05, 0) is 63.6 Å². The maximum Gasteiger partial charge on any atom is 0.253 e. The number of halogens is 2. The molecular weight excluding hydrogens is 507 g/mol. The normalized spacial score (nSPS) is 13.6. The number of hydrogen-bond donors (Lipinski definition) is 1. The highest BCUT2D eigenvalue weighted by atomic mass is 35.5. The third-order valence-electron chi connectivity index (χ3n) is 6.21. The zero-order chi connectivity index (χ0) is 26.8. The van der Waals surface area contributed by atoms with Gasteiger partial charge in [-0.2, -0.15) is 4.98 Å². The van der Waals surface area contributed by atoms with Crippen molar-refractivity contribution in [2.75, 3.05) is 56.9 Å². The zero-order valence-corrected chi connectivity index (χ0v) is 23.3. The van der Waals surface area contributed by atoms with Crippen molar-refractivity contribution in [2.45, 2.75) is 26.7 Å². The van der Waals surface area contributed by atoms with Gasteiger partial charge in [-0.25, -0.2) is 4.98 Å². The Labute approximate surface area is 230 Å². The fourth-order valence-corrected chi connectivity index (χ4v) is 4.56. The van der Waals surface area contributed by atoms with Crippen molar-refractivity contribution in [3.8, 4) is 0 Å². The van der Waals surface area contributed by atoms with Gasteiger partial charge in [0.05, 0.1) is 10.0 Å². The Kier molecular flexibility index (Phi) is 11.0. The number of piperazine rings is 1. The lowest BCUT2D eigenvalue weighted by Crippen LogP contribution is -2.47. The predicted octanol–water partition coefficient (Wildman–Crippen LogP) is 5.34. The lowest BCUT2D eigenvalue weighted by molar-refractivity contribution is 0.0791. The van der Waals surface area contributed by atoms with Gasteiger partial charge >= 0.3 is 0 Å². The first kappa shape index (κ1) is 28.7. The number of carbonyl (C=O) groups excluding carboxylic acids is 1. The molecule has 0 bridgehead atoms. The van der Waals surface area contributed by atoms with E-state index in [9.17, 15) is 4.79 Å². The van der Waals surface area contributed by atoms with Gasteiger partial charge in [0, 0.05) is 51.5 Å². The van der Waals surface area contributed by atoms with Gasteiger partial charge in [-0.15, -0.1) is 0 Å². The van der Waals surface area contributed by atoms with E-state index < -0.39 is 0 Å². The lowest BCUT2D eigenvalue weighted by atomic mass is 10.1. The van der Waals surface area contributed by atoms with E-state index in [2.05, 4.69) is 25.8 Å². The van der Waals surface area contributed by atoms with E-state index in [1.807, 2.05) is 56.1 Å². The maximum atomic E-state index is 12.6. The number of rotatable bonds is 7. The minimum absolute atomic E-state index is 0.106. The summed E-state index contributed by atoms with van der Waals surface area (Å²) in [5.41, 5.74) is 8.73. The third-order valence-corrected chi connectivity index (χ3v) is 6.97. The molecule has 2 N–H and O–H groups in total. The second-order valence-electron chi connectivity index (χ2n) is 9.33. The average Bonchev–Trinajstić information content (AvgIpc) is 2.88. The largest absolute Gasteiger partial charge is 0.368 e. The van der Waals surface area contributed by atoms with Crippen LogP contribution in [-0.4, -0.2) is 72.0 Å². The van der Waals surface area contributed by atoms with Crippen molar-refractivity contribution >= 4 is 40.9 Å². The molecule has 37 heavy (non-hydrogen) atoms. The summed E-state index contributed by atoms with van der Waals surface area (Å²) in [7, 11) is 1.90. The van der Waals surface area contributed by atoms with E-state index in [0.717, 1.165) is 74.6 Å². The van der Waals surface area contributed by atoms with Crippen LogP contribution in [0.4, 0.5) is 11.8 Å². The SMILES string of the molecule is Cc1cc(C)cc(C(=O)N(C)CCCCN2CCN(c3ccnc(N)n3)CC2)c1.Clc1ccccc1Cl. The molecule has 0 atom stereocenters. The van der Waals surface area contributed by atoms with Crippen LogP contribution in [0.1, 0.15) is 34.3 Å². The monoisotopic (exact) mass is 542 g/mol. The van der Waals surface area contributed by atoms with Gasteiger partial charge in [0.15, 0.2) is 0 Å². The number of nitrogens with zero attached hydrogens (tertiary/aromatic N) is 5. The standard InChI is InChI=1S/C22H32N6O.C6H4Cl2/c1-17-14-18(2)16-19(15-17)21(29)26(3)8-4-5-9-27-10-12-28(13-11-27)20-6-7-24-22(23)25-20;7-5-3-1-2-4-6(5)8/h6-7,14-16H,4-5,8-13H2,1-3H3,(H2,23,24,25);1-4H. The number of aromatic nitrogens is 2. The Hall–Kier alpha value is -2.87. The molecular formula is C28H36Cl2N6O. The second kappa shape index (κ2) is 14.2. The molecule has 7 nitrogen and oxygen atoms in total. The van der Waals surface area contributed by atoms with E-state index in [0.29, 0.717) is 16.0 Å². The number of carbonyl (C=O) groups is 1. The molecule has 0 unspecified atom stereocenters. The van der Waals surface area contributed by atoms with E-state index in [4.69, 9.17) is 28.9 Å². The number of nitrogen functional groups attached to an aromatic ring is 1. The fourth-order valence-electron chi connectivity index (χ4n) is 4.28. The topological polar surface area (TPSA) is 78.6 Å². The molecule has 0 saturated carbocycles. The Balaban J connectivity index is 0.000000405. The summed E-state index contributed by atoms with van der Waals surface area (Å²) < 4.78 is 0. The Morgan fingerprint density at radius 1 is 0.973 bits per heavy atom. The van der Waals surface area contributed by atoms with E-state index in [1.165, 1.54) is 0 Å². The number of hydrogen-bond acceptors (Lipinski definition) is 6. The molecule has 0 radical (unpaired) electrons. The molecule has 1 fully saturated rings. The summed E-state index contributed by atoms with van der Waals surface area (Å²) in [4.78, 5) is 27.5. The van der Waals surface area contributed by atoms with Crippen molar-refractivity contribution in [1.82, 2.24) is 19.8 Å². The number of benzene rings is 2. The molecule has 1 aliphatic rings. The highest BCUT2D eigenvalue weighted by Gasteiger charge is 2.18. The van der Waals surface area contributed by atoms with Crippen molar-refractivity contribution in [3.63, 3.8) is 0 Å². The molecule has 3 aromatic rings. The molecule has 2 aromatic carbocycles. The molecule has 1 aromatic heterocycles. The summed E-state index contributed by atoms with van der Waals surface area (Å²) in [6.45, 7) is 9.83. The van der Waals surface area contributed by atoms with Crippen molar-refractivity contribution in [1.29, 1.82) is 0 Å². The van der Waals surface area contributed by atoms with Gasteiger partial charge in [0.25, 0.3) is 5.91 Å². The summed E-state index contributed by atoms with van der Waals surface area (Å²) in [6.07, 6.45) is 3.81. The van der Waals surface area contributed by atoms with Crippen LogP contribution in [0.2, 0.25) is 10.0 Å². The Bertz CT molecular complexity index is 1130. The van der Waals surface area contributed by atoms with Crippen LogP contribution in [0.15, 0.2) is 54.7 Å². The number of anilines is 2. The van der Waals surface area contributed by atoms with Crippen LogP contribution >= 0.6 is 23.2 Å². The minimum Gasteiger partial charge on any atom is -0.368 e. The minimum atomic E-state index is 0.106.